The van der Waals surface area contributed by atoms with Crippen LogP contribution >= 0.6 is 0 Å². The van der Waals surface area contributed by atoms with Crippen molar-refractivity contribution < 1.29 is 14.3 Å². The van der Waals surface area contributed by atoms with Crippen molar-refractivity contribution in [2.45, 2.75) is 20.4 Å². The lowest BCUT2D eigenvalue weighted by Gasteiger charge is -2.35. The molecular weight excluding hydrogens is 502 g/mol. The second-order valence-electron chi connectivity index (χ2n) is 9.83. The molecule has 8 heteroatoms. The Labute approximate surface area is 235 Å². The summed E-state index contributed by atoms with van der Waals surface area (Å²) in [5.74, 6) is 2.13. The van der Waals surface area contributed by atoms with Gasteiger partial charge < -0.3 is 19.7 Å². The minimum atomic E-state index is -0.294. The molecule has 206 valence electrons. The summed E-state index contributed by atoms with van der Waals surface area (Å²) < 4.78 is 10.8. The van der Waals surface area contributed by atoms with Crippen LogP contribution in [0.1, 0.15) is 28.5 Å². The van der Waals surface area contributed by atoms with E-state index in [1.807, 2.05) is 25.1 Å². The molecule has 1 saturated heterocycles. The Morgan fingerprint density at radius 3 is 2.38 bits per heavy atom. The van der Waals surface area contributed by atoms with Crippen LogP contribution in [-0.4, -0.2) is 60.9 Å². The molecule has 0 radical (unpaired) electrons. The van der Waals surface area contributed by atoms with E-state index in [2.05, 4.69) is 62.6 Å². The van der Waals surface area contributed by atoms with Crippen LogP contribution in [0.2, 0.25) is 0 Å². The van der Waals surface area contributed by atoms with Gasteiger partial charge in [-0.2, -0.15) is 0 Å². The number of benzene rings is 3. The van der Waals surface area contributed by atoms with E-state index in [4.69, 9.17) is 9.47 Å². The third kappa shape index (κ3) is 6.58. The Morgan fingerprint density at radius 1 is 0.900 bits per heavy atom. The molecule has 0 atom stereocenters. The first-order chi connectivity index (χ1) is 19.5. The SMILES string of the molecule is CCOc1cccc(-c2ccc(CN3CCN(c4ccc(C(=O)Nc5ccc(OC)cc5)nn4)CC3)cc2C)c1. The van der Waals surface area contributed by atoms with Gasteiger partial charge >= 0.3 is 0 Å². The summed E-state index contributed by atoms with van der Waals surface area (Å²) in [5.41, 5.74) is 5.93. The van der Waals surface area contributed by atoms with E-state index in [1.54, 1.807) is 37.4 Å². The summed E-state index contributed by atoms with van der Waals surface area (Å²) >= 11 is 0. The topological polar surface area (TPSA) is 79.8 Å². The van der Waals surface area contributed by atoms with Crippen LogP contribution in [0.3, 0.4) is 0 Å². The third-order valence-electron chi connectivity index (χ3n) is 7.08. The van der Waals surface area contributed by atoms with E-state index in [9.17, 15) is 4.79 Å². The number of hydrogen-bond donors (Lipinski definition) is 1. The molecule has 5 rings (SSSR count). The minimum absolute atomic E-state index is 0.279. The summed E-state index contributed by atoms with van der Waals surface area (Å²) in [6.07, 6.45) is 0. The lowest BCUT2D eigenvalue weighted by Crippen LogP contribution is -2.46. The lowest BCUT2D eigenvalue weighted by molar-refractivity contribution is 0.102. The number of piperazine rings is 1. The number of aromatic nitrogens is 2. The van der Waals surface area contributed by atoms with Crippen LogP contribution in [0, 0.1) is 6.92 Å². The maximum atomic E-state index is 12.6. The van der Waals surface area contributed by atoms with E-state index in [1.165, 1.54) is 22.3 Å². The average molecular weight is 538 g/mol. The first-order valence-corrected chi connectivity index (χ1v) is 13.6. The van der Waals surface area contributed by atoms with Crippen LogP contribution in [0.4, 0.5) is 11.5 Å². The molecule has 8 nitrogen and oxygen atoms in total. The molecule has 0 bridgehead atoms. The summed E-state index contributed by atoms with van der Waals surface area (Å²) in [4.78, 5) is 17.2. The number of hydrogen-bond acceptors (Lipinski definition) is 7. The predicted molar refractivity (Wildman–Crippen MR) is 158 cm³/mol. The van der Waals surface area contributed by atoms with Crippen molar-refractivity contribution in [2.24, 2.45) is 0 Å². The summed E-state index contributed by atoms with van der Waals surface area (Å²) in [5, 5.41) is 11.4. The monoisotopic (exact) mass is 537 g/mol. The van der Waals surface area contributed by atoms with Crippen LogP contribution in [0.15, 0.2) is 78.9 Å². The van der Waals surface area contributed by atoms with Crippen molar-refractivity contribution in [3.63, 3.8) is 0 Å². The fourth-order valence-electron chi connectivity index (χ4n) is 4.95. The summed E-state index contributed by atoms with van der Waals surface area (Å²) in [7, 11) is 1.61. The minimum Gasteiger partial charge on any atom is -0.497 e. The summed E-state index contributed by atoms with van der Waals surface area (Å²) in [6, 6.07) is 25.8. The van der Waals surface area contributed by atoms with E-state index in [0.29, 0.717) is 12.3 Å². The number of amides is 1. The zero-order valence-electron chi connectivity index (χ0n) is 23.3. The first-order valence-electron chi connectivity index (χ1n) is 13.6. The number of rotatable bonds is 9. The molecule has 1 N–H and O–H groups in total. The van der Waals surface area contributed by atoms with Gasteiger partial charge in [-0.15, -0.1) is 10.2 Å². The van der Waals surface area contributed by atoms with Gasteiger partial charge in [0.05, 0.1) is 13.7 Å². The van der Waals surface area contributed by atoms with Crippen molar-refractivity contribution in [3.8, 4) is 22.6 Å². The molecular formula is C32H35N5O3. The van der Waals surface area contributed by atoms with Crippen molar-refractivity contribution in [1.29, 1.82) is 0 Å². The Morgan fingerprint density at radius 2 is 1.70 bits per heavy atom. The Kier molecular flexibility index (Phi) is 8.56. The van der Waals surface area contributed by atoms with Gasteiger partial charge in [0.15, 0.2) is 11.5 Å². The number of anilines is 2. The Bertz CT molecular complexity index is 1430. The van der Waals surface area contributed by atoms with Crippen molar-refractivity contribution in [2.75, 3.05) is 50.1 Å². The molecule has 1 aliphatic rings. The van der Waals surface area contributed by atoms with E-state index in [0.717, 1.165) is 50.0 Å². The third-order valence-corrected chi connectivity index (χ3v) is 7.08. The molecule has 1 aromatic heterocycles. The number of methoxy groups -OCH3 is 1. The van der Waals surface area contributed by atoms with Gasteiger partial charge in [-0.1, -0.05) is 30.3 Å². The highest BCUT2D eigenvalue weighted by Crippen LogP contribution is 2.28. The average Bonchev–Trinajstić information content (AvgIpc) is 2.98. The van der Waals surface area contributed by atoms with Gasteiger partial charge in [0.2, 0.25) is 0 Å². The van der Waals surface area contributed by atoms with Crippen LogP contribution in [-0.2, 0) is 6.54 Å². The number of carbonyl (C=O) groups is 1. The Hall–Kier alpha value is -4.43. The number of carbonyl (C=O) groups excluding carboxylic acids is 1. The van der Waals surface area contributed by atoms with Gasteiger partial charge in [-0.05, 0) is 84.6 Å². The first kappa shape index (κ1) is 27.1. The largest absolute Gasteiger partial charge is 0.497 e. The van der Waals surface area contributed by atoms with Gasteiger partial charge in [0.25, 0.3) is 5.91 Å². The molecule has 1 amide bonds. The molecule has 40 heavy (non-hydrogen) atoms. The van der Waals surface area contributed by atoms with E-state index < -0.39 is 0 Å². The summed E-state index contributed by atoms with van der Waals surface area (Å²) in [6.45, 7) is 9.31. The molecule has 1 fully saturated rings. The van der Waals surface area contributed by atoms with Crippen LogP contribution in [0.5, 0.6) is 11.5 Å². The zero-order valence-corrected chi connectivity index (χ0v) is 23.3. The highest BCUT2D eigenvalue weighted by Gasteiger charge is 2.19. The van der Waals surface area contributed by atoms with Crippen LogP contribution in [0.25, 0.3) is 11.1 Å². The maximum Gasteiger partial charge on any atom is 0.276 e. The maximum absolute atomic E-state index is 12.6. The second-order valence-corrected chi connectivity index (χ2v) is 9.83. The number of ether oxygens (including phenoxy) is 2. The molecule has 1 aliphatic heterocycles. The number of nitrogens with one attached hydrogen (secondary N) is 1. The fraction of sp³-hybridized carbons (Fsp3) is 0.281. The van der Waals surface area contributed by atoms with Crippen molar-refractivity contribution >= 4 is 17.4 Å². The molecule has 0 spiro atoms. The predicted octanol–water partition coefficient (Wildman–Crippen LogP) is 5.43. The highest BCUT2D eigenvalue weighted by molar-refractivity contribution is 6.02. The van der Waals surface area contributed by atoms with Gasteiger partial charge in [-0.3, -0.25) is 9.69 Å². The number of nitrogens with zero attached hydrogens (tertiary/aromatic N) is 4. The molecule has 2 heterocycles. The second kappa shape index (κ2) is 12.6. The van der Waals surface area contributed by atoms with E-state index >= 15 is 0 Å². The smallest absolute Gasteiger partial charge is 0.276 e. The molecule has 0 saturated carbocycles. The highest BCUT2D eigenvalue weighted by atomic mass is 16.5. The van der Waals surface area contributed by atoms with Crippen LogP contribution < -0.4 is 19.7 Å². The molecule has 0 unspecified atom stereocenters. The van der Waals surface area contributed by atoms with Gasteiger partial charge in [-0.25, -0.2) is 0 Å². The van der Waals surface area contributed by atoms with Crippen molar-refractivity contribution in [3.05, 3.63) is 95.7 Å². The lowest BCUT2D eigenvalue weighted by atomic mass is 9.98. The quantitative estimate of drug-likeness (QED) is 0.305. The standard InChI is InChI=1S/C32H35N5O3/c1-4-40-28-7-5-6-25(21-28)29-13-8-24(20-23(29)2)22-36-16-18-37(19-17-36)31-15-14-30(34-35-31)32(38)33-26-9-11-27(39-3)12-10-26/h5-15,20-21H,4,16-19,22H2,1-3H3,(H,33,38). The van der Waals surface area contributed by atoms with Crippen molar-refractivity contribution in [1.82, 2.24) is 15.1 Å². The molecule has 3 aromatic carbocycles. The van der Waals surface area contributed by atoms with E-state index in [-0.39, 0.29) is 11.6 Å². The molecule has 0 aliphatic carbocycles. The van der Waals surface area contributed by atoms with Gasteiger partial charge in [0, 0.05) is 38.4 Å². The normalized spacial score (nSPS) is 13.6. The fourth-order valence-corrected chi connectivity index (χ4v) is 4.95. The van der Waals surface area contributed by atoms with Gasteiger partial charge in [0.1, 0.15) is 11.5 Å². The number of aryl methyl sites for hydroxylation is 1. The molecule has 4 aromatic rings. The zero-order chi connectivity index (χ0) is 27.9. The Balaban J connectivity index is 1.14.